The molecule has 0 nitrogen and oxygen atoms in total. The summed E-state index contributed by atoms with van der Waals surface area (Å²) in [5, 5.41) is 0. The zero-order valence-corrected chi connectivity index (χ0v) is 6.50. The van der Waals surface area contributed by atoms with Crippen molar-refractivity contribution in [3.05, 3.63) is 25.8 Å². The third-order valence-electron chi connectivity index (χ3n) is 0.289. The minimum atomic E-state index is 0. The molecule has 0 unspecified atom stereocenters. The van der Waals surface area contributed by atoms with Crippen LogP contribution in [0.4, 0.5) is 0 Å². The van der Waals surface area contributed by atoms with Gasteiger partial charge in [-0.2, -0.15) is 0 Å². The molecule has 0 fully saturated rings. The summed E-state index contributed by atoms with van der Waals surface area (Å²) in [5.74, 6) is 0. The van der Waals surface area contributed by atoms with E-state index in [-0.39, 0.29) is 19.5 Å². The molecule has 0 bridgehead atoms. The van der Waals surface area contributed by atoms with E-state index in [1.165, 1.54) is 0 Å². The van der Waals surface area contributed by atoms with E-state index in [2.05, 4.69) is 26.7 Å². The molecule has 0 radical (unpaired) electrons. The Morgan fingerprint density at radius 3 is 1.57 bits per heavy atom. The van der Waals surface area contributed by atoms with E-state index < -0.39 is 0 Å². The van der Waals surface area contributed by atoms with Crippen molar-refractivity contribution in [3.8, 4) is 0 Å². The summed E-state index contributed by atoms with van der Waals surface area (Å²) in [7, 11) is 0. The summed E-state index contributed by atoms with van der Waals surface area (Å²) in [6.07, 6.45) is 2.96. The van der Waals surface area contributed by atoms with E-state index in [1.807, 2.05) is 6.08 Å². The maximum atomic E-state index is 3.48. The second-order valence-corrected chi connectivity index (χ2v) is 0.697. The van der Waals surface area contributed by atoms with E-state index in [0.29, 0.717) is 0 Å². The molecule has 0 aromatic carbocycles. The van der Waals surface area contributed by atoms with Gasteiger partial charge in [0.1, 0.15) is 0 Å². The Morgan fingerprint density at radius 1 is 1.43 bits per heavy atom. The molecule has 44 valence electrons. The Labute approximate surface area is 59.1 Å². The smallest absolute Gasteiger partial charge is 0 e. The number of rotatable bonds is 1. The van der Waals surface area contributed by atoms with Gasteiger partial charge in [-0.3, -0.25) is 0 Å². The average Bonchev–Trinajstić information content (AvgIpc) is 1.72. The predicted molar refractivity (Wildman–Crippen MR) is 31.7 cm³/mol. The maximum absolute atomic E-state index is 3.48. The maximum Gasteiger partial charge on any atom is 0 e. The number of hydrogen-bond acceptors (Lipinski definition) is 0. The quantitative estimate of drug-likeness (QED) is 0.434. The fourth-order valence-corrected chi connectivity index (χ4v) is 0. The van der Waals surface area contributed by atoms with Crippen molar-refractivity contribution in [1.82, 2.24) is 0 Å². The predicted octanol–water partition coefficient (Wildman–Crippen LogP) is 2.38. The Hall–Kier alpha value is 0.103. The molecular formula is C6H12Ru. The summed E-state index contributed by atoms with van der Waals surface area (Å²) >= 11 is 0. The van der Waals surface area contributed by atoms with Gasteiger partial charge in [0.15, 0.2) is 0 Å². The van der Waals surface area contributed by atoms with Gasteiger partial charge in [0.2, 0.25) is 0 Å². The summed E-state index contributed by atoms with van der Waals surface area (Å²) in [6, 6.07) is 0. The second kappa shape index (κ2) is 35.9. The first-order valence-electron chi connectivity index (χ1n) is 2.02. The van der Waals surface area contributed by atoms with Gasteiger partial charge >= 0.3 is 0 Å². The molecule has 0 atom stereocenters. The Morgan fingerprint density at radius 2 is 1.57 bits per heavy atom. The van der Waals surface area contributed by atoms with Crippen molar-refractivity contribution >= 4 is 0 Å². The van der Waals surface area contributed by atoms with Crippen LogP contribution in [-0.2, 0) is 19.5 Å². The van der Waals surface area contributed by atoms with Gasteiger partial charge < -0.3 is 0 Å². The minimum absolute atomic E-state index is 0. The average molecular weight is 185 g/mol. The minimum Gasteiger partial charge on any atom is -0.106 e. The first-order valence-corrected chi connectivity index (χ1v) is 2.02. The van der Waals surface area contributed by atoms with Crippen LogP contribution in [0, 0.1) is 0 Å². The molecule has 1 heteroatoms. The van der Waals surface area contributed by atoms with Crippen molar-refractivity contribution in [2.45, 2.75) is 13.3 Å². The fourth-order valence-electron chi connectivity index (χ4n) is 0. The van der Waals surface area contributed by atoms with Crippen LogP contribution in [0.25, 0.3) is 0 Å². The Bertz CT molecular complexity index is 25.4. The largest absolute Gasteiger partial charge is 0.106 e. The van der Waals surface area contributed by atoms with Gasteiger partial charge in [-0.1, -0.05) is 13.0 Å². The second-order valence-electron chi connectivity index (χ2n) is 0.697. The molecule has 0 aromatic heterocycles. The summed E-state index contributed by atoms with van der Waals surface area (Å²) < 4.78 is 0. The van der Waals surface area contributed by atoms with Crippen LogP contribution in [0.2, 0.25) is 0 Å². The van der Waals surface area contributed by atoms with Crippen LogP contribution >= 0.6 is 0 Å². The molecule has 0 heterocycles. The molecular weight excluding hydrogens is 173 g/mol. The molecule has 0 aliphatic rings. The van der Waals surface area contributed by atoms with Crippen LogP contribution in [0.5, 0.6) is 0 Å². The van der Waals surface area contributed by atoms with E-state index in [0.717, 1.165) is 6.42 Å². The Balaban J connectivity index is -0.0000000480. The molecule has 7 heavy (non-hydrogen) atoms. The van der Waals surface area contributed by atoms with Gasteiger partial charge in [0.25, 0.3) is 0 Å². The number of allylic oxidation sites excluding steroid dienone is 1. The van der Waals surface area contributed by atoms with Gasteiger partial charge in [-0.15, -0.1) is 19.7 Å². The summed E-state index contributed by atoms with van der Waals surface area (Å²) in [6.45, 7) is 11.5. The van der Waals surface area contributed by atoms with Crippen LogP contribution in [0.3, 0.4) is 0 Å². The van der Waals surface area contributed by atoms with Crippen molar-refractivity contribution in [3.63, 3.8) is 0 Å². The van der Waals surface area contributed by atoms with Crippen molar-refractivity contribution in [1.29, 1.82) is 0 Å². The van der Waals surface area contributed by atoms with E-state index in [4.69, 9.17) is 0 Å². The van der Waals surface area contributed by atoms with Gasteiger partial charge in [0, 0.05) is 19.5 Å². The van der Waals surface area contributed by atoms with Crippen LogP contribution in [0.1, 0.15) is 13.3 Å². The summed E-state index contributed by atoms with van der Waals surface area (Å²) in [5.41, 5.74) is 0. The first kappa shape index (κ1) is 15.7. The number of hydrogen-bond donors (Lipinski definition) is 0. The summed E-state index contributed by atoms with van der Waals surface area (Å²) in [4.78, 5) is 0. The first-order chi connectivity index (χ1) is 2.91. The van der Waals surface area contributed by atoms with Crippen LogP contribution in [-0.4, -0.2) is 0 Å². The molecule has 0 saturated carbocycles. The van der Waals surface area contributed by atoms with Crippen LogP contribution in [0.15, 0.2) is 25.8 Å². The molecule has 0 spiro atoms. The van der Waals surface area contributed by atoms with Crippen molar-refractivity contribution in [2.75, 3.05) is 0 Å². The third kappa shape index (κ3) is 84.4. The molecule has 0 aromatic rings. The fraction of sp³-hybridized carbons (Fsp3) is 0.333. The third-order valence-corrected chi connectivity index (χ3v) is 0.289. The van der Waals surface area contributed by atoms with E-state index in [1.54, 1.807) is 0 Å². The Kier molecular flexibility index (Phi) is 80.7. The SMILES string of the molecule is C=C.C=CCC.[Ru]. The van der Waals surface area contributed by atoms with Gasteiger partial charge in [-0.25, -0.2) is 0 Å². The normalized spacial score (nSPS) is 4.14. The standard InChI is InChI=1S/C4H8.C2H4.Ru/c1-3-4-2;1-2;/h3H,1,4H2,2H3;1-2H2;. The van der Waals surface area contributed by atoms with E-state index >= 15 is 0 Å². The van der Waals surface area contributed by atoms with Gasteiger partial charge in [0.05, 0.1) is 0 Å². The molecule has 0 aliphatic carbocycles. The van der Waals surface area contributed by atoms with Crippen LogP contribution < -0.4 is 0 Å². The van der Waals surface area contributed by atoms with Gasteiger partial charge in [-0.05, 0) is 6.42 Å². The van der Waals surface area contributed by atoms with Crippen molar-refractivity contribution < 1.29 is 19.5 Å². The molecule has 0 N–H and O–H groups in total. The molecule has 0 aliphatic heterocycles. The molecule has 0 amide bonds. The molecule has 0 rings (SSSR count). The zero-order chi connectivity index (χ0) is 5.41. The molecule has 0 saturated heterocycles. The van der Waals surface area contributed by atoms with Crippen molar-refractivity contribution in [2.24, 2.45) is 0 Å². The monoisotopic (exact) mass is 186 g/mol. The topological polar surface area (TPSA) is 0 Å². The zero-order valence-electron chi connectivity index (χ0n) is 4.76. The van der Waals surface area contributed by atoms with E-state index in [9.17, 15) is 0 Å².